The molecule has 1 aliphatic heterocycles. The zero-order chi connectivity index (χ0) is 14.8. The molecule has 1 aliphatic rings. The molecule has 1 aromatic rings. The maximum absolute atomic E-state index is 12.1. The minimum Gasteiger partial charge on any atom is -0.435 e. The number of nitrogens with two attached hydrogens (primary N) is 1. The van der Waals surface area contributed by atoms with Crippen LogP contribution >= 0.6 is 0 Å². The standard InChI is InChI=1S/C15H22F2N2O/c1-15(2)7-8-19(10-15)13(9-18)11-3-5-12(6-4-11)20-14(16)17/h3-6,13-14H,7-10,18H2,1-2H3. The summed E-state index contributed by atoms with van der Waals surface area (Å²) in [5.74, 6) is 0.182. The zero-order valence-corrected chi connectivity index (χ0v) is 12.0. The number of rotatable bonds is 5. The number of hydrogen-bond donors (Lipinski definition) is 1. The molecular formula is C15H22F2N2O. The minimum atomic E-state index is -2.79. The first-order valence-corrected chi connectivity index (χ1v) is 6.90. The molecule has 0 aliphatic carbocycles. The second-order valence-electron chi connectivity index (χ2n) is 6.08. The quantitative estimate of drug-likeness (QED) is 0.903. The molecule has 1 unspecified atom stereocenters. The zero-order valence-electron chi connectivity index (χ0n) is 12.0. The fourth-order valence-corrected chi connectivity index (χ4v) is 2.79. The van der Waals surface area contributed by atoms with Gasteiger partial charge in [0.25, 0.3) is 0 Å². The number of likely N-dealkylation sites (tertiary alicyclic amines) is 1. The van der Waals surface area contributed by atoms with Gasteiger partial charge in [0.15, 0.2) is 0 Å². The molecule has 20 heavy (non-hydrogen) atoms. The van der Waals surface area contributed by atoms with Crippen molar-refractivity contribution < 1.29 is 13.5 Å². The summed E-state index contributed by atoms with van der Waals surface area (Å²) in [6, 6.07) is 6.93. The minimum absolute atomic E-state index is 0.136. The summed E-state index contributed by atoms with van der Waals surface area (Å²) >= 11 is 0. The van der Waals surface area contributed by atoms with Crippen molar-refractivity contribution in [1.82, 2.24) is 4.90 Å². The van der Waals surface area contributed by atoms with Crippen molar-refractivity contribution in [3.63, 3.8) is 0 Å². The van der Waals surface area contributed by atoms with Crippen molar-refractivity contribution in [3.05, 3.63) is 29.8 Å². The lowest BCUT2D eigenvalue weighted by Gasteiger charge is -2.28. The van der Waals surface area contributed by atoms with Crippen LogP contribution in [-0.4, -0.2) is 31.1 Å². The van der Waals surface area contributed by atoms with Crippen molar-refractivity contribution in [2.45, 2.75) is 32.9 Å². The van der Waals surface area contributed by atoms with Crippen LogP contribution in [-0.2, 0) is 0 Å². The van der Waals surface area contributed by atoms with Crippen molar-refractivity contribution in [3.8, 4) is 5.75 Å². The smallest absolute Gasteiger partial charge is 0.387 e. The molecule has 1 saturated heterocycles. The molecule has 5 heteroatoms. The third-order valence-electron chi connectivity index (χ3n) is 3.86. The number of ether oxygens (including phenoxy) is 1. The van der Waals surface area contributed by atoms with E-state index in [-0.39, 0.29) is 11.8 Å². The lowest BCUT2D eigenvalue weighted by atomic mass is 9.93. The van der Waals surface area contributed by atoms with Gasteiger partial charge in [-0.25, -0.2) is 0 Å². The molecule has 1 aromatic carbocycles. The molecule has 0 aromatic heterocycles. The Labute approximate surface area is 118 Å². The highest BCUT2D eigenvalue weighted by Crippen LogP contribution is 2.34. The van der Waals surface area contributed by atoms with Crippen LogP contribution in [0.3, 0.4) is 0 Å². The molecule has 2 rings (SSSR count). The summed E-state index contributed by atoms with van der Waals surface area (Å²) in [6.07, 6.45) is 1.15. The molecule has 0 amide bonds. The van der Waals surface area contributed by atoms with E-state index in [0.29, 0.717) is 12.0 Å². The van der Waals surface area contributed by atoms with E-state index >= 15 is 0 Å². The van der Waals surface area contributed by atoms with Crippen molar-refractivity contribution >= 4 is 0 Å². The Morgan fingerprint density at radius 3 is 2.40 bits per heavy atom. The average Bonchev–Trinajstić information content (AvgIpc) is 2.72. The van der Waals surface area contributed by atoms with E-state index in [1.54, 1.807) is 12.1 Å². The van der Waals surface area contributed by atoms with Gasteiger partial charge in [0.2, 0.25) is 0 Å². The van der Waals surface area contributed by atoms with Gasteiger partial charge in [0.1, 0.15) is 5.75 Å². The van der Waals surface area contributed by atoms with Gasteiger partial charge in [-0.1, -0.05) is 26.0 Å². The highest BCUT2D eigenvalue weighted by molar-refractivity contribution is 5.29. The van der Waals surface area contributed by atoms with E-state index in [1.807, 2.05) is 12.1 Å². The molecule has 1 fully saturated rings. The van der Waals surface area contributed by atoms with Crippen LogP contribution < -0.4 is 10.5 Å². The molecular weight excluding hydrogens is 262 g/mol. The second kappa shape index (κ2) is 6.06. The second-order valence-corrected chi connectivity index (χ2v) is 6.08. The van der Waals surface area contributed by atoms with E-state index in [2.05, 4.69) is 23.5 Å². The third kappa shape index (κ3) is 3.67. The molecule has 112 valence electrons. The Hall–Kier alpha value is -1.20. The summed E-state index contributed by atoms with van der Waals surface area (Å²) in [4.78, 5) is 2.36. The van der Waals surface area contributed by atoms with Gasteiger partial charge in [-0.15, -0.1) is 0 Å². The van der Waals surface area contributed by atoms with Crippen LogP contribution in [0.2, 0.25) is 0 Å². The summed E-state index contributed by atoms with van der Waals surface area (Å²) < 4.78 is 28.6. The largest absolute Gasteiger partial charge is 0.435 e. The molecule has 3 nitrogen and oxygen atoms in total. The first-order chi connectivity index (χ1) is 9.41. The molecule has 0 saturated carbocycles. The number of hydrogen-bond acceptors (Lipinski definition) is 3. The first-order valence-electron chi connectivity index (χ1n) is 6.90. The van der Waals surface area contributed by atoms with E-state index in [9.17, 15) is 8.78 Å². The van der Waals surface area contributed by atoms with Crippen LogP contribution in [0.25, 0.3) is 0 Å². The Morgan fingerprint density at radius 1 is 1.30 bits per heavy atom. The van der Waals surface area contributed by atoms with Gasteiger partial charge in [-0.3, -0.25) is 4.90 Å². The number of alkyl halides is 2. The fraction of sp³-hybridized carbons (Fsp3) is 0.600. The maximum atomic E-state index is 12.1. The van der Waals surface area contributed by atoms with Gasteiger partial charge >= 0.3 is 6.61 Å². The molecule has 1 heterocycles. The van der Waals surface area contributed by atoms with E-state index in [1.165, 1.54) is 0 Å². The fourth-order valence-electron chi connectivity index (χ4n) is 2.79. The monoisotopic (exact) mass is 284 g/mol. The van der Waals surface area contributed by atoms with Gasteiger partial charge < -0.3 is 10.5 Å². The Bertz CT molecular complexity index is 434. The molecule has 2 N–H and O–H groups in total. The van der Waals surface area contributed by atoms with E-state index < -0.39 is 6.61 Å². The SMILES string of the molecule is CC1(C)CCN(C(CN)c2ccc(OC(F)F)cc2)C1. The highest BCUT2D eigenvalue weighted by atomic mass is 19.3. The summed E-state index contributed by atoms with van der Waals surface area (Å²) in [5.41, 5.74) is 7.26. The predicted molar refractivity (Wildman–Crippen MR) is 74.8 cm³/mol. The highest BCUT2D eigenvalue weighted by Gasteiger charge is 2.33. The van der Waals surface area contributed by atoms with Gasteiger partial charge in [-0.2, -0.15) is 8.78 Å². The number of benzene rings is 1. The van der Waals surface area contributed by atoms with Crippen molar-refractivity contribution in [2.75, 3.05) is 19.6 Å². The van der Waals surface area contributed by atoms with E-state index in [0.717, 1.165) is 25.1 Å². The lowest BCUT2D eigenvalue weighted by Crippen LogP contribution is -2.33. The molecule has 0 bridgehead atoms. The lowest BCUT2D eigenvalue weighted by molar-refractivity contribution is -0.0498. The number of nitrogens with zero attached hydrogens (tertiary/aromatic N) is 1. The normalized spacial score (nSPS) is 20.3. The third-order valence-corrected chi connectivity index (χ3v) is 3.86. The molecule has 0 radical (unpaired) electrons. The van der Waals surface area contributed by atoms with Gasteiger partial charge in [0.05, 0.1) is 0 Å². The predicted octanol–water partition coefficient (Wildman–Crippen LogP) is 3.02. The van der Waals surface area contributed by atoms with Gasteiger partial charge in [0, 0.05) is 19.1 Å². The Morgan fingerprint density at radius 2 is 1.95 bits per heavy atom. The summed E-state index contributed by atoms with van der Waals surface area (Å²) in [7, 11) is 0. The Kier molecular flexibility index (Phi) is 4.60. The van der Waals surface area contributed by atoms with Crippen LogP contribution in [0.15, 0.2) is 24.3 Å². The number of halogens is 2. The molecule has 0 spiro atoms. The van der Waals surface area contributed by atoms with Crippen molar-refractivity contribution in [2.24, 2.45) is 11.1 Å². The summed E-state index contributed by atoms with van der Waals surface area (Å²) in [5, 5.41) is 0. The van der Waals surface area contributed by atoms with Crippen LogP contribution in [0.5, 0.6) is 5.75 Å². The Balaban J connectivity index is 2.08. The van der Waals surface area contributed by atoms with Gasteiger partial charge in [-0.05, 0) is 36.1 Å². The van der Waals surface area contributed by atoms with Crippen LogP contribution in [0.4, 0.5) is 8.78 Å². The summed E-state index contributed by atoms with van der Waals surface area (Å²) in [6.45, 7) is 4.25. The van der Waals surface area contributed by atoms with Crippen LogP contribution in [0, 0.1) is 5.41 Å². The van der Waals surface area contributed by atoms with E-state index in [4.69, 9.17) is 5.73 Å². The van der Waals surface area contributed by atoms with Crippen molar-refractivity contribution in [1.29, 1.82) is 0 Å². The average molecular weight is 284 g/mol. The molecule has 1 atom stereocenters. The topological polar surface area (TPSA) is 38.5 Å². The maximum Gasteiger partial charge on any atom is 0.387 e. The first kappa shape index (κ1) is 15.2. The van der Waals surface area contributed by atoms with Crippen LogP contribution in [0.1, 0.15) is 31.9 Å².